The first-order chi connectivity index (χ1) is 9.61. The fourth-order valence-corrected chi connectivity index (χ4v) is 3.22. The molecule has 1 aromatic carbocycles. The van der Waals surface area contributed by atoms with Gasteiger partial charge in [-0.05, 0) is 55.2 Å². The second-order valence-electron chi connectivity index (χ2n) is 6.53. The molecule has 0 saturated carbocycles. The van der Waals surface area contributed by atoms with Crippen LogP contribution in [-0.4, -0.2) is 13.1 Å². The van der Waals surface area contributed by atoms with Crippen LogP contribution in [0.15, 0.2) is 24.3 Å². The minimum absolute atomic E-state index is 0.179. The van der Waals surface area contributed by atoms with E-state index in [0.717, 1.165) is 18.3 Å². The molecule has 1 aromatic rings. The summed E-state index contributed by atoms with van der Waals surface area (Å²) in [6, 6.07) is 9.09. The Hall–Kier alpha value is -1.02. The zero-order chi connectivity index (χ0) is 14.5. The number of benzene rings is 1. The summed E-state index contributed by atoms with van der Waals surface area (Å²) in [4.78, 5) is 2.55. The first-order valence-electron chi connectivity index (χ1n) is 8.22. The largest absolute Gasteiger partial charge is 0.372 e. The summed E-state index contributed by atoms with van der Waals surface area (Å²) < 4.78 is 0. The van der Waals surface area contributed by atoms with Crippen molar-refractivity contribution in [1.29, 1.82) is 0 Å². The maximum atomic E-state index is 6.09. The van der Waals surface area contributed by atoms with Gasteiger partial charge in [0, 0.05) is 24.8 Å². The van der Waals surface area contributed by atoms with Crippen molar-refractivity contribution < 1.29 is 0 Å². The van der Waals surface area contributed by atoms with Gasteiger partial charge in [0.25, 0.3) is 0 Å². The molecule has 1 fully saturated rings. The van der Waals surface area contributed by atoms with E-state index in [1.54, 1.807) is 0 Å². The quantitative estimate of drug-likeness (QED) is 0.884. The third kappa shape index (κ3) is 3.76. The summed E-state index contributed by atoms with van der Waals surface area (Å²) >= 11 is 0. The van der Waals surface area contributed by atoms with E-state index in [0.29, 0.717) is 0 Å². The smallest absolute Gasteiger partial charge is 0.0366 e. The van der Waals surface area contributed by atoms with Crippen molar-refractivity contribution in [3.05, 3.63) is 29.8 Å². The van der Waals surface area contributed by atoms with Crippen LogP contribution >= 0.6 is 0 Å². The Morgan fingerprint density at radius 1 is 1.15 bits per heavy atom. The van der Waals surface area contributed by atoms with Crippen molar-refractivity contribution in [1.82, 2.24) is 0 Å². The first kappa shape index (κ1) is 15.4. The highest BCUT2D eigenvalue weighted by Crippen LogP contribution is 2.28. The highest BCUT2D eigenvalue weighted by molar-refractivity contribution is 5.48. The van der Waals surface area contributed by atoms with Crippen LogP contribution in [0.25, 0.3) is 0 Å². The summed E-state index contributed by atoms with van der Waals surface area (Å²) in [5.74, 6) is 1.72. The molecule has 2 N–H and O–H groups in total. The standard InChI is InChI=1S/C18H30N2/c1-4-18(19)16-7-9-17(10-8-16)20-12-5-6-15(11-13-20)14(2)3/h7-10,14-15,18H,4-6,11-13,19H2,1-3H3/t15?,18-/m0/s1. The molecule has 1 aliphatic rings. The maximum Gasteiger partial charge on any atom is 0.0366 e. The molecule has 0 aromatic heterocycles. The van der Waals surface area contributed by atoms with E-state index in [1.165, 1.54) is 43.6 Å². The van der Waals surface area contributed by atoms with Crippen molar-refractivity contribution >= 4 is 5.69 Å². The van der Waals surface area contributed by atoms with Crippen LogP contribution in [0.1, 0.15) is 58.1 Å². The van der Waals surface area contributed by atoms with Gasteiger partial charge < -0.3 is 10.6 Å². The van der Waals surface area contributed by atoms with Crippen LogP contribution in [0.3, 0.4) is 0 Å². The second kappa shape index (κ2) is 7.12. The predicted molar refractivity (Wildman–Crippen MR) is 88.1 cm³/mol. The van der Waals surface area contributed by atoms with Crippen LogP contribution in [0, 0.1) is 11.8 Å². The van der Waals surface area contributed by atoms with E-state index in [4.69, 9.17) is 5.73 Å². The monoisotopic (exact) mass is 274 g/mol. The summed E-state index contributed by atoms with van der Waals surface area (Å²) in [6.45, 7) is 9.26. The minimum atomic E-state index is 0.179. The van der Waals surface area contributed by atoms with Gasteiger partial charge in [0.15, 0.2) is 0 Å². The van der Waals surface area contributed by atoms with Crippen molar-refractivity contribution in [2.75, 3.05) is 18.0 Å². The third-order valence-corrected chi connectivity index (χ3v) is 4.84. The van der Waals surface area contributed by atoms with Crippen molar-refractivity contribution in [3.63, 3.8) is 0 Å². The molecule has 0 spiro atoms. The zero-order valence-electron chi connectivity index (χ0n) is 13.3. The van der Waals surface area contributed by atoms with Gasteiger partial charge >= 0.3 is 0 Å². The Morgan fingerprint density at radius 2 is 1.85 bits per heavy atom. The van der Waals surface area contributed by atoms with Gasteiger partial charge in [-0.25, -0.2) is 0 Å². The fourth-order valence-electron chi connectivity index (χ4n) is 3.22. The SMILES string of the molecule is CC[C@H](N)c1ccc(N2CCCC(C(C)C)CC2)cc1. The summed E-state index contributed by atoms with van der Waals surface area (Å²) in [6.07, 6.45) is 5.03. The molecule has 112 valence electrons. The van der Waals surface area contributed by atoms with Gasteiger partial charge in [0.05, 0.1) is 0 Å². The molecule has 2 atom stereocenters. The molecule has 20 heavy (non-hydrogen) atoms. The molecule has 0 amide bonds. The molecule has 1 heterocycles. The summed E-state index contributed by atoms with van der Waals surface area (Å²) in [7, 11) is 0. The highest BCUT2D eigenvalue weighted by atomic mass is 15.1. The lowest BCUT2D eigenvalue weighted by atomic mass is 9.89. The summed E-state index contributed by atoms with van der Waals surface area (Å²) in [5, 5.41) is 0. The molecule has 2 rings (SSSR count). The molecule has 0 bridgehead atoms. The number of anilines is 1. The lowest BCUT2D eigenvalue weighted by Crippen LogP contribution is -2.24. The van der Waals surface area contributed by atoms with Crippen LogP contribution in [0.5, 0.6) is 0 Å². The van der Waals surface area contributed by atoms with Crippen LogP contribution in [-0.2, 0) is 0 Å². The summed E-state index contributed by atoms with van der Waals surface area (Å²) in [5.41, 5.74) is 8.70. The molecular formula is C18H30N2. The lowest BCUT2D eigenvalue weighted by Gasteiger charge is -2.24. The van der Waals surface area contributed by atoms with Gasteiger partial charge in [0.1, 0.15) is 0 Å². The molecule has 0 aliphatic carbocycles. The number of hydrogen-bond acceptors (Lipinski definition) is 2. The molecule has 0 radical (unpaired) electrons. The van der Waals surface area contributed by atoms with Crippen molar-refractivity contribution in [2.24, 2.45) is 17.6 Å². The minimum Gasteiger partial charge on any atom is -0.372 e. The van der Waals surface area contributed by atoms with Gasteiger partial charge in [-0.15, -0.1) is 0 Å². The molecule has 2 nitrogen and oxygen atoms in total. The Bertz CT molecular complexity index is 396. The van der Waals surface area contributed by atoms with E-state index in [-0.39, 0.29) is 6.04 Å². The molecular weight excluding hydrogens is 244 g/mol. The Kier molecular flexibility index (Phi) is 5.47. The Labute approximate surface area is 124 Å². The van der Waals surface area contributed by atoms with Crippen molar-refractivity contribution in [3.8, 4) is 0 Å². The van der Waals surface area contributed by atoms with Gasteiger partial charge in [-0.1, -0.05) is 32.9 Å². The van der Waals surface area contributed by atoms with Crippen LogP contribution < -0.4 is 10.6 Å². The van der Waals surface area contributed by atoms with Gasteiger partial charge in [-0.2, -0.15) is 0 Å². The molecule has 1 unspecified atom stereocenters. The normalized spacial score (nSPS) is 21.9. The molecule has 2 heteroatoms. The first-order valence-corrected chi connectivity index (χ1v) is 8.22. The van der Waals surface area contributed by atoms with Crippen LogP contribution in [0.2, 0.25) is 0 Å². The van der Waals surface area contributed by atoms with Gasteiger partial charge in [0.2, 0.25) is 0 Å². The third-order valence-electron chi connectivity index (χ3n) is 4.84. The van der Waals surface area contributed by atoms with E-state index >= 15 is 0 Å². The van der Waals surface area contributed by atoms with E-state index in [2.05, 4.69) is 49.9 Å². The number of nitrogens with two attached hydrogens (primary N) is 1. The van der Waals surface area contributed by atoms with E-state index < -0.39 is 0 Å². The zero-order valence-corrected chi connectivity index (χ0v) is 13.3. The Morgan fingerprint density at radius 3 is 2.45 bits per heavy atom. The Balaban J connectivity index is 2.01. The number of rotatable bonds is 4. The predicted octanol–water partition coefficient (Wildman–Crippen LogP) is 4.36. The maximum absolute atomic E-state index is 6.09. The second-order valence-corrected chi connectivity index (χ2v) is 6.53. The highest BCUT2D eigenvalue weighted by Gasteiger charge is 2.19. The average Bonchev–Trinajstić information content (AvgIpc) is 2.72. The number of hydrogen-bond donors (Lipinski definition) is 1. The van der Waals surface area contributed by atoms with E-state index in [1.807, 2.05) is 0 Å². The van der Waals surface area contributed by atoms with Crippen molar-refractivity contribution in [2.45, 2.75) is 52.5 Å². The van der Waals surface area contributed by atoms with Crippen LogP contribution in [0.4, 0.5) is 5.69 Å². The fraction of sp³-hybridized carbons (Fsp3) is 0.667. The number of nitrogens with zero attached hydrogens (tertiary/aromatic N) is 1. The van der Waals surface area contributed by atoms with E-state index in [9.17, 15) is 0 Å². The topological polar surface area (TPSA) is 29.3 Å². The lowest BCUT2D eigenvalue weighted by molar-refractivity contribution is 0.351. The molecule has 1 saturated heterocycles. The average molecular weight is 274 g/mol. The van der Waals surface area contributed by atoms with Gasteiger partial charge in [-0.3, -0.25) is 0 Å². The molecule has 1 aliphatic heterocycles.